The highest BCUT2D eigenvalue weighted by molar-refractivity contribution is 6.09. The van der Waals surface area contributed by atoms with E-state index < -0.39 is 5.82 Å². The lowest BCUT2D eigenvalue weighted by atomic mass is 10.0. The number of ether oxygens (including phenoxy) is 2. The Balaban J connectivity index is 1.48. The van der Waals surface area contributed by atoms with E-state index in [1.54, 1.807) is 48.5 Å². The molecule has 3 rings (SSSR count). The second-order valence-electron chi connectivity index (χ2n) is 7.18. The minimum absolute atomic E-state index is 0.148. The fraction of sp³-hybridized carbons (Fsp3) is 0.160. The Hall–Kier alpha value is -4.20. The number of amides is 2. The van der Waals surface area contributed by atoms with Crippen molar-refractivity contribution in [1.29, 1.82) is 0 Å². The highest BCUT2D eigenvalue weighted by Gasteiger charge is 2.15. The number of nitrogens with zero attached hydrogens (tertiary/aromatic N) is 1. The summed E-state index contributed by atoms with van der Waals surface area (Å²) in [6.07, 6.45) is 0. The smallest absolute Gasteiger partial charge is 0.260 e. The van der Waals surface area contributed by atoms with Crippen LogP contribution in [-0.4, -0.2) is 49.8 Å². The van der Waals surface area contributed by atoms with Gasteiger partial charge < -0.3 is 19.7 Å². The number of ketones is 1. The summed E-state index contributed by atoms with van der Waals surface area (Å²) in [5.41, 5.74) is 1.34. The number of halogens is 1. The van der Waals surface area contributed by atoms with E-state index >= 15 is 0 Å². The lowest BCUT2D eigenvalue weighted by molar-refractivity contribution is -0.135. The molecule has 0 unspecified atom stereocenters. The number of nitrogens with one attached hydrogen (secondary N) is 1. The molecule has 0 radical (unpaired) electrons. The molecule has 2 amide bonds. The number of likely N-dealkylation sites (N-methyl/N-ethyl adjacent to an activating group) is 1. The predicted octanol–water partition coefficient (Wildman–Crippen LogP) is 3.54. The predicted molar refractivity (Wildman–Crippen MR) is 121 cm³/mol. The fourth-order valence-electron chi connectivity index (χ4n) is 2.93. The molecule has 0 saturated heterocycles. The number of anilines is 1. The standard InChI is InChI=1S/C25H23FN2O5/c1-28(15-23(29)27-20-4-3-5-22(14-20)32-2)24(30)16-33-21-12-8-18(9-13-21)25(31)17-6-10-19(26)11-7-17/h3-14H,15-16H2,1-2H3,(H,27,29). The van der Waals surface area contributed by atoms with Gasteiger partial charge >= 0.3 is 0 Å². The highest BCUT2D eigenvalue weighted by atomic mass is 19.1. The number of carbonyl (C=O) groups is 3. The molecule has 0 heterocycles. The molecule has 0 fully saturated rings. The number of methoxy groups -OCH3 is 1. The van der Waals surface area contributed by atoms with Gasteiger partial charge in [0.05, 0.1) is 13.7 Å². The zero-order valence-electron chi connectivity index (χ0n) is 18.2. The molecule has 0 saturated carbocycles. The number of hydrogen-bond acceptors (Lipinski definition) is 5. The molecule has 3 aromatic carbocycles. The van der Waals surface area contributed by atoms with Crippen molar-refractivity contribution in [2.24, 2.45) is 0 Å². The molecule has 0 spiro atoms. The van der Waals surface area contributed by atoms with Crippen molar-refractivity contribution in [3.63, 3.8) is 0 Å². The first-order chi connectivity index (χ1) is 15.9. The van der Waals surface area contributed by atoms with Crippen molar-refractivity contribution >= 4 is 23.3 Å². The third-order valence-corrected chi connectivity index (χ3v) is 4.75. The average Bonchev–Trinajstić information content (AvgIpc) is 2.82. The summed E-state index contributed by atoms with van der Waals surface area (Å²) in [5, 5.41) is 2.70. The van der Waals surface area contributed by atoms with E-state index in [2.05, 4.69) is 5.32 Å². The first-order valence-electron chi connectivity index (χ1n) is 10.1. The molecule has 0 aromatic heterocycles. The summed E-state index contributed by atoms with van der Waals surface area (Å²) in [4.78, 5) is 38.2. The van der Waals surface area contributed by atoms with Crippen LogP contribution < -0.4 is 14.8 Å². The third kappa shape index (κ3) is 6.64. The van der Waals surface area contributed by atoms with E-state index in [9.17, 15) is 18.8 Å². The van der Waals surface area contributed by atoms with Crippen LogP contribution in [0.4, 0.5) is 10.1 Å². The quantitative estimate of drug-likeness (QED) is 0.504. The van der Waals surface area contributed by atoms with Crippen LogP contribution >= 0.6 is 0 Å². The van der Waals surface area contributed by atoms with Crippen LogP contribution in [-0.2, 0) is 9.59 Å². The zero-order valence-corrected chi connectivity index (χ0v) is 18.2. The average molecular weight is 450 g/mol. The van der Waals surface area contributed by atoms with Gasteiger partial charge in [-0.1, -0.05) is 6.07 Å². The number of rotatable bonds is 9. The Morgan fingerprint density at radius 2 is 1.55 bits per heavy atom. The van der Waals surface area contributed by atoms with E-state index in [1.807, 2.05) is 0 Å². The number of carbonyl (C=O) groups excluding carboxylic acids is 3. The van der Waals surface area contributed by atoms with Gasteiger partial charge in [-0.25, -0.2) is 4.39 Å². The van der Waals surface area contributed by atoms with Gasteiger partial charge in [-0.3, -0.25) is 14.4 Å². The summed E-state index contributed by atoms with van der Waals surface area (Å²) in [6, 6.07) is 18.5. The molecule has 1 N–H and O–H groups in total. The van der Waals surface area contributed by atoms with Gasteiger partial charge in [-0.2, -0.15) is 0 Å². The first-order valence-corrected chi connectivity index (χ1v) is 10.1. The fourth-order valence-corrected chi connectivity index (χ4v) is 2.93. The van der Waals surface area contributed by atoms with Crippen LogP contribution in [0.25, 0.3) is 0 Å². The van der Waals surface area contributed by atoms with E-state index in [0.29, 0.717) is 28.3 Å². The van der Waals surface area contributed by atoms with Crippen molar-refractivity contribution in [2.45, 2.75) is 0 Å². The molecule has 0 aliphatic carbocycles. The maximum atomic E-state index is 13.0. The topological polar surface area (TPSA) is 84.9 Å². The Morgan fingerprint density at radius 1 is 0.909 bits per heavy atom. The van der Waals surface area contributed by atoms with Gasteiger partial charge in [0, 0.05) is 29.9 Å². The number of hydrogen-bond donors (Lipinski definition) is 1. The molecule has 170 valence electrons. The molecule has 8 heteroatoms. The van der Waals surface area contributed by atoms with Gasteiger partial charge in [-0.15, -0.1) is 0 Å². The lowest BCUT2D eigenvalue weighted by Gasteiger charge is -2.17. The highest BCUT2D eigenvalue weighted by Crippen LogP contribution is 2.17. The summed E-state index contributed by atoms with van der Waals surface area (Å²) in [7, 11) is 3.03. The number of benzene rings is 3. The molecule has 0 aliphatic heterocycles. The van der Waals surface area contributed by atoms with Crippen LogP contribution in [0.3, 0.4) is 0 Å². The van der Waals surface area contributed by atoms with Crippen LogP contribution in [0, 0.1) is 5.82 Å². The normalized spacial score (nSPS) is 10.3. The van der Waals surface area contributed by atoms with Crippen LogP contribution in [0.15, 0.2) is 72.8 Å². The lowest BCUT2D eigenvalue weighted by Crippen LogP contribution is -2.37. The molecule has 33 heavy (non-hydrogen) atoms. The maximum Gasteiger partial charge on any atom is 0.260 e. The molecule has 0 bridgehead atoms. The van der Waals surface area contributed by atoms with Crippen LogP contribution in [0.5, 0.6) is 11.5 Å². The second-order valence-corrected chi connectivity index (χ2v) is 7.18. The third-order valence-electron chi connectivity index (χ3n) is 4.75. The Kier molecular flexibility index (Phi) is 7.75. The van der Waals surface area contributed by atoms with Crippen molar-refractivity contribution in [1.82, 2.24) is 4.90 Å². The van der Waals surface area contributed by atoms with Gasteiger partial charge in [0.2, 0.25) is 5.91 Å². The summed E-state index contributed by atoms with van der Waals surface area (Å²) in [5.74, 6) is -0.406. The molecule has 3 aromatic rings. The molecule has 0 aliphatic rings. The first kappa shape index (κ1) is 23.5. The van der Waals surface area contributed by atoms with Crippen molar-refractivity contribution in [3.8, 4) is 11.5 Å². The molecule has 7 nitrogen and oxygen atoms in total. The van der Waals surface area contributed by atoms with Gasteiger partial charge in [0.25, 0.3) is 5.91 Å². The minimum atomic E-state index is -0.414. The van der Waals surface area contributed by atoms with E-state index in [4.69, 9.17) is 9.47 Å². The Morgan fingerprint density at radius 3 is 2.18 bits per heavy atom. The molecular weight excluding hydrogens is 427 g/mol. The molecule has 0 atom stereocenters. The van der Waals surface area contributed by atoms with E-state index in [0.717, 1.165) is 0 Å². The monoisotopic (exact) mass is 450 g/mol. The summed E-state index contributed by atoms with van der Waals surface area (Å²) in [6.45, 7) is -0.418. The van der Waals surface area contributed by atoms with Gasteiger partial charge in [0.1, 0.15) is 17.3 Å². The SMILES string of the molecule is COc1cccc(NC(=O)CN(C)C(=O)COc2ccc(C(=O)c3ccc(F)cc3)cc2)c1. The molecular formula is C25H23FN2O5. The van der Waals surface area contributed by atoms with E-state index in [-0.39, 0.29) is 30.7 Å². The Bertz CT molecular complexity index is 1130. The van der Waals surface area contributed by atoms with Crippen molar-refractivity contribution in [2.75, 3.05) is 32.6 Å². The summed E-state index contributed by atoms with van der Waals surface area (Å²) < 4.78 is 23.6. The van der Waals surface area contributed by atoms with Gasteiger partial charge in [-0.05, 0) is 60.7 Å². The zero-order chi connectivity index (χ0) is 23.8. The van der Waals surface area contributed by atoms with Gasteiger partial charge in [0.15, 0.2) is 12.4 Å². The van der Waals surface area contributed by atoms with Crippen LogP contribution in [0.1, 0.15) is 15.9 Å². The second kappa shape index (κ2) is 10.9. The van der Waals surface area contributed by atoms with E-state index in [1.165, 1.54) is 43.3 Å². The maximum absolute atomic E-state index is 13.0. The van der Waals surface area contributed by atoms with Crippen molar-refractivity contribution < 1.29 is 28.2 Å². The minimum Gasteiger partial charge on any atom is -0.497 e. The Labute approximate surface area is 190 Å². The summed E-state index contributed by atoms with van der Waals surface area (Å²) >= 11 is 0. The van der Waals surface area contributed by atoms with Crippen molar-refractivity contribution in [3.05, 3.63) is 89.7 Å². The van der Waals surface area contributed by atoms with Crippen LogP contribution in [0.2, 0.25) is 0 Å². The largest absolute Gasteiger partial charge is 0.497 e.